The van der Waals surface area contributed by atoms with Gasteiger partial charge in [0.2, 0.25) is 11.8 Å². The highest BCUT2D eigenvalue weighted by Gasteiger charge is 2.48. The zero-order valence-corrected chi connectivity index (χ0v) is 16.3. The Kier molecular flexibility index (Phi) is 4.97. The first-order valence-corrected chi connectivity index (χ1v) is 9.47. The standard InChI is InChI=1S/C21H19BFN3O4/c1-30-13-6-5-12(16(23)9-13)10-24-17-4-2-3-14-15(17)11-26(19(14)28)21(22)8-7-18(27)25-20(21)29/h2-6,9,24H,7-8,10-11H2,1H3,(H,25,27,29). The number of piperidine rings is 1. The van der Waals surface area contributed by atoms with Crippen LogP contribution in [0.4, 0.5) is 10.1 Å². The number of amides is 3. The van der Waals surface area contributed by atoms with Crippen molar-refractivity contribution in [2.75, 3.05) is 12.4 Å². The third kappa shape index (κ3) is 3.30. The van der Waals surface area contributed by atoms with Crippen molar-refractivity contribution in [3.05, 3.63) is 58.9 Å². The van der Waals surface area contributed by atoms with E-state index in [-0.39, 0.29) is 31.8 Å². The number of imide groups is 1. The highest BCUT2D eigenvalue weighted by molar-refractivity contribution is 6.32. The summed E-state index contributed by atoms with van der Waals surface area (Å²) < 4.78 is 19.2. The van der Waals surface area contributed by atoms with Crippen LogP contribution in [-0.4, -0.2) is 43.0 Å². The Labute approximate surface area is 174 Å². The van der Waals surface area contributed by atoms with Crippen LogP contribution in [0.5, 0.6) is 5.75 Å². The van der Waals surface area contributed by atoms with Crippen molar-refractivity contribution in [3.63, 3.8) is 0 Å². The molecule has 7 nitrogen and oxygen atoms in total. The minimum atomic E-state index is -1.59. The van der Waals surface area contributed by atoms with Crippen molar-refractivity contribution < 1.29 is 23.5 Å². The van der Waals surface area contributed by atoms with Gasteiger partial charge in [-0.25, -0.2) is 4.39 Å². The van der Waals surface area contributed by atoms with Gasteiger partial charge in [0, 0.05) is 48.0 Å². The van der Waals surface area contributed by atoms with E-state index in [9.17, 15) is 18.8 Å². The molecule has 0 spiro atoms. The Morgan fingerprint density at radius 1 is 1.27 bits per heavy atom. The molecule has 1 fully saturated rings. The Bertz CT molecular complexity index is 1060. The maximum Gasteiger partial charge on any atom is 0.254 e. The Balaban J connectivity index is 1.56. The molecule has 2 aliphatic heterocycles. The van der Waals surface area contributed by atoms with E-state index in [1.54, 1.807) is 30.3 Å². The number of hydrogen-bond acceptors (Lipinski definition) is 5. The van der Waals surface area contributed by atoms with Crippen LogP contribution in [0.1, 0.15) is 34.3 Å². The van der Waals surface area contributed by atoms with Crippen molar-refractivity contribution in [1.29, 1.82) is 0 Å². The summed E-state index contributed by atoms with van der Waals surface area (Å²) in [6, 6.07) is 9.75. The van der Waals surface area contributed by atoms with Gasteiger partial charge in [-0.15, -0.1) is 0 Å². The minimum absolute atomic E-state index is 0.0528. The Hall–Kier alpha value is -3.36. The molecular weight excluding hydrogens is 388 g/mol. The molecule has 30 heavy (non-hydrogen) atoms. The van der Waals surface area contributed by atoms with Gasteiger partial charge in [-0.1, -0.05) is 12.1 Å². The van der Waals surface area contributed by atoms with Gasteiger partial charge in [-0.2, -0.15) is 0 Å². The summed E-state index contributed by atoms with van der Waals surface area (Å²) in [7, 11) is 7.73. The van der Waals surface area contributed by atoms with Crippen LogP contribution in [0, 0.1) is 5.82 Å². The van der Waals surface area contributed by atoms with Crippen LogP contribution in [0.15, 0.2) is 36.4 Å². The topological polar surface area (TPSA) is 87.7 Å². The minimum Gasteiger partial charge on any atom is -0.497 e. The number of nitrogens with zero attached hydrogens (tertiary/aromatic N) is 1. The van der Waals surface area contributed by atoms with Gasteiger partial charge in [0.15, 0.2) is 0 Å². The number of hydrogen-bond donors (Lipinski definition) is 2. The van der Waals surface area contributed by atoms with E-state index in [1.165, 1.54) is 18.1 Å². The molecule has 2 aromatic carbocycles. The third-order valence-electron chi connectivity index (χ3n) is 5.56. The number of ether oxygens (including phenoxy) is 1. The predicted octanol–water partition coefficient (Wildman–Crippen LogP) is 1.70. The van der Waals surface area contributed by atoms with Crippen LogP contribution in [0.25, 0.3) is 0 Å². The van der Waals surface area contributed by atoms with E-state index in [2.05, 4.69) is 10.6 Å². The number of carbonyl (C=O) groups excluding carboxylic acids is 3. The summed E-state index contributed by atoms with van der Waals surface area (Å²) in [6.07, 6.45) is 0.113. The fourth-order valence-corrected chi connectivity index (χ4v) is 3.78. The first-order chi connectivity index (χ1) is 14.3. The Morgan fingerprint density at radius 2 is 2.07 bits per heavy atom. The molecule has 2 aromatic rings. The molecule has 1 unspecified atom stereocenters. The molecule has 2 radical (unpaired) electrons. The van der Waals surface area contributed by atoms with E-state index in [0.717, 1.165) is 0 Å². The number of methoxy groups -OCH3 is 1. The lowest BCUT2D eigenvalue weighted by atomic mass is 9.70. The zero-order valence-electron chi connectivity index (χ0n) is 16.3. The zero-order chi connectivity index (χ0) is 21.5. The van der Waals surface area contributed by atoms with Gasteiger partial charge < -0.3 is 15.0 Å². The van der Waals surface area contributed by atoms with Gasteiger partial charge in [-0.3, -0.25) is 19.7 Å². The van der Waals surface area contributed by atoms with Crippen molar-refractivity contribution in [3.8, 4) is 5.75 Å². The second-order valence-electron chi connectivity index (χ2n) is 7.34. The molecule has 0 bridgehead atoms. The van der Waals surface area contributed by atoms with Gasteiger partial charge in [0.05, 0.1) is 12.5 Å². The SMILES string of the molecule is [B]C1(N2Cc3c(NCc4ccc(OC)cc4F)cccc3C2=O)CCC(=O)NC1=O. The fraction of sp³-hybridized carbons (Fsp3) is 0.286. The average Bonchev–Trinajstić information content (AvgIpc) is 3.08. The Morgan fingerprint density at radius 3 is 2.77 bits per heavy atom. The molecule has 1 saturated heterocycles. The number of nitrogens with one attached hydrogen (secondary N) is 2. The van der Waals surface area contributed by atoms with E-state index in [4.69, 9.17) is 12.6 Å². The summed E-state index contributed by atoms with van der Waals surface area (Å²) in [4.78, 5) is 38.1. The van der Waals surface area contributed by atoms with E-state index in [1.807, 2.05) is 0 Å². The largest absolute Gasteiger partial charge is 0.497 e. The lowest BCUT2D eigenvalue weighted by Gasteiger charge is -2.40. The molecule has 0 saturated carbocycles. The molecule has 9 heteroatoms. The molecule has 0 aromatic heterocycles. The molecule has 2 aliphatic rings. The lowest BCUT2D eigenvalue weighted by molar-refractivity contribution is -0.138. The number of benzene rings is 2. The lowest BCUT2D eigenvalue weighted by Crippen LogP contribution is -2.63. The van der Waals surface area contributed by atoms with E-state index in [0.29, 0.717) is 28.1 Å². The average molecular weight is 407 g/mol. The van der Waals surface area contributed by atoms with Gasteiger partial charge in [0.1, 0.15) is 19.4 Å². The smallest absolute Gasteiger partial charge is 0.254 e. The van der Waals surface area contributed by atoms with Crippen molar-refractivity contribution in [1.82, 2.24) is 10.2 Å². The third-order valence-corrected chi connectivity index (χ3v) is 5.56. The maximum atomic E-state index is 14.2. The predicted molar refractivity (Wildman–Crippen MR) is 107 cm³/mol. The quantitative estimate of drug-likeness (QED) is 0.582. The molecule has 2 heterocycles. The van der Waals surface area contributed by atoms with Crippen molar-refractivity contribution in [2.24, 2.45) is 0 Å². The first-order valence-electron chi connectivity index (χ1n) is 9.47. The first kappa shape index (κ1) is 19.9. The number of rotatable bonds is 5. The van der Waals surface area contributed by atoms with Crippen LogP contribution in [-0.2, 0) is 22.7 Å². The van der Waals surface area contributed by atoms with E-state index < -0.39 is 23.1 Å². The molecule has 2 N–H and O–H groups in total. The molecular formula is C21H19BFN3O4. The summed E-state index contributed by atoms with van der Waals surface area (Å²) in [6.45, 7) is 0.309. The van der Waals surface area contributed by atoms with E-state index >= 15 is 0 Å². The van der Waals surface area contributed by atoms with Crippen LogP contribution in [0.3, 0.4) is 0 Å². The second-order valence-corrected chi connectivity index (χ2v) is 7.34. The second kappa shape index (κ2) is 7.48. The number of anilines is 1. The summed E-state index contributed by atoms with van der Waals surface area (Å²) in [5, 5.41) is 5.37. The van der Waals surface area contributed by atoms with Crippen LogP contribution < -0.4 is 15.4 Å². The number of halogens is 1. The monoisotopic (exact) mass is 407 g/mol. The maximum absolute atomic E-state index is 14.2. The molecule has 152 valence electrons. The highest BCUT2D eigenvalue weighted by Crippen LogP contribution is 2.36. The summed E-state index contributed by atoms with van der Waals surface area (Å²) in [5.74, 6) is -1.45. The van der Waals surface area contributed by atoms with Crippen molar-refractivity contribution >= 4 is 31.3 Å². The molecule has 4 rings (SSSR count). The number of carbonyl (C=O) groups is 3. The highest BCUT2D eigenvalue weighted by atomic mass is 19.1. The van der Waals surface area contributed by atoms with Crippen LogP contribution >= 0.6 is 0 Å². The molecule has 3 amide bonds. The van der Waals surface area contributed by atoms with Gasteiger partial charge in [-0.05, 0) is 24.6 Å². The molecule has 1 atom stereocenters. The summed E-state index contributed by atoms with van der Waals surface area (Å²) >= 11 is 0. The van der Waals surface area contributed by atoms with Gasteiger partial charge in [0.25, 0.3) is 5.91 Å². The molecule has 0 aliphatic carbocycles. The van der Waals surface area contributed by atoms with Crippen LogP contribution in [0.2, 0.25) is 0 Å². The fourth-order valence-electron chi connectivity index (χ4n) is 3.78. The normalized spacial score (nSPS) is 20.7. The van der Waals surface area contributed by atoms with Crippen molar-refractivity contribution in [2.45, 2.75) is 31.4 Å². The van der Waals surface area contributed by atoms with Gasteiger partial charge >= 0.3 is 0 Å². The number of fused-ring (bicyclic) bond motifs is 1. The summed E-state index contributed by atoms with van der Waals surface area (Å²) in [5.41, 5.74) is 0.587.